The third-order valence-electron chi connectivity index (χ3n) is 6.04. The maximum Gasteiger partial charge on any atom is 0.333 e. The second-order valence-corrected chi connectivity index (χ2v) is 8.36. The molecule has 5 rings (SSSR count). The van der Waals surface area contributed by atoms with E-state index in [-0.39, 0.29) is 25.7 Å². The van der Waals surface area contributed by atoms with Crippen LogP contribution in [-0.4, -0.2) is 37.8 Å². The van der Waals surface area contributed by atoms with Crippen molar-refractivity contribution in [2.24, 2.45) is 5.73 Å². The zero-order valence-electron chi connectivity index (χ0n) is 18.9. The van der Waals surface area contributed by atoms with E-state index in [9.17, 15) is 9.59 Å². The molecular formula is C24H26N6O4. The van der Waals surface area contributed by atoms with Crippen LogP contribution < -0.4 is 21.9 Å². The number of aromatic nitrogens is 4. The molecule has 1 aliphatic heterocycles. The lowest BCUT2D eigenvalue weighted by Crippen LogP contribution is -2.44. The van der Waals surface area contributed by atoms with Crippen molar-refractivity contribution in [2.45, 2.75) is 45.4 Å². The molecule has 0 amide bonds. The van der Waals surface area contributed by atoms with Gasteiger partial charge in [-0.25, -0.2) is 4.79 Å². The molecule has 10 nitrogen and oxygen atoms in total. The molecule has 2 N–H and O–H groups in total. The highest BCUT2D eigenvalue weighted by Crippen LogP contribution is 2.23. The fourth-order valence-corrected chi connectivity index (χ4v) is 4.42. The lowest BCUT2D eigenvalue weighted by atomic mass is 10.1. The van der Waals surface area contributed by atoms with Crippen molar-refractivity contribution < 1.29 is 8.83 Å². The minimum atomic E-state index is -0.488. The first-order valence-electron chi connectivity index (χ1n) is 11.3. The minimum absolute atomic E-state index is 0.00726. The summed E-state index contributed by atoms with van der Waals surface area (Å²) in [7, 11) is 0. The molecule has 0 aromatic carbocycles. The van der Waals surface area contributed by atoms with Crippen LogP contribution in [0, 0.1) is 11.8 Å². The molecule has 4 aromatic heterocycles. The van der Waals surface area contributed by atoms with E-state index >= 15 is 0 Å². The van der Waals surface area contributed by atoms with Gasteiger partial charge in [-0.3, -0.25) is 18.5 Å². The van der Waals surface area contributed by atoms with E-state index in [4.69, 9.17) is 19.6 Å². The normalized spacial score (nSPS) is 16.1. The molecule has 1 saturated heterocycles. The Morgan fingerprint density at radius 1 is 1.09 bits per heavy atom. The molecule has 0 saturated carbocycles. The number of anilines is 1. The van der Waals surface area contributed by atoms with Crippen molar-refractivity contribution in [2.75, 3.05) is 18.0 Å². The molecule has 176 valence electrons. The summed E-state index contributed by atoms with van der Waals surface area (Å²) in [4.78, 5) is 34.1. The molecule has 1 atom stereocenters. The number of hydrogen-bond donors (Lipinski definition) is 1. The van der Waals surface area contributed by atoms with Crippen molar-refractivity contribution >= 4 is 17.1 Å². The van der Waals surface area contributed by atoms with E-state index in [0.29, 0.717) is 35.2 Å². The van der Waals surface area contributed by atoms with Gasteiger partial charge in [-0.2, -0.15) is 4.98 Å². The zero-order chi connectivity index (χ0) is 23.7. The van der Waals surface area contributed by atoms with Gasteiger partial charge >= 0.3 is 5.69 Å². The summed E-state index contributed by atoms with van der Waals surface area (Å²) >= 11 is 0. The third-order valence-corrected chi connectivity index (χ3v) is 6.04. The van der Waals surface area contributed by atoms with Crippen molar-refractivity contribution in [3.63, 3.8) is 0 Å². The number of imidazole rings is 1. The minimum Gasteiger partial charge on any atom is -0.467 e. The predicted octanol–water partition coefficient (Wildman–Crippen LogP) is 1.59. The molecular weight excluding hydrogens is 436 g/mol. The van der Waals surface area contributed by atoms with Crippen LogP contribution in [0.25, 0.3) is 11.2 Å². The van der Waals surface area contributed by atoms with Crippen molar-refractivity contribution in [1.29, 1.82) is 0 Å². The Bertz CT molecular complexity index is 1460. The Hall–Kier alpha value is -3.97. The Labute approximate surface area is 195 Å². The first kappa shape index (κ1) is 21.9. The highest BCUT2D eigenvalue weighted by atomic mass is 16.3. The zero-order valence-corrected chi connectivity index (χ0v) is 18.9. The summed E-state index contributed by atoms with van der Waals surface area (Å²) in [6.07, 6.45) is 4.92. The molecule has 0 bridgehead atoms. The predicted molar refractivity (Wildman–Crippen MR) is 127 cm³/mol. The molecule has 10 heteroatoms. The number of furan rings is 2. The number of rotatable bonds is 6. The first-order chi connectivity index (χ1) is 16.6. The molecule has 1 aliphatic rings. The van der Waals surface area contributed by atoms with Gasteiger partial charge in [0.1, 0.15) is 11.5 Å². The van der Waals surface area contributed by atoms with Crippen LogP contribution >= 0.6 is 0 Å². The SMILES string of the molecule is CC#CCn1c(N2CCC[C@@H](N)C2)nc2c1c(=O)n(Cc1ccco1)c(=O)n2Cc1ccco1. The van der Waals surface area contributed by atoms with Crippen LogP contribution in [0.4, 0.5) is 5.95 Å². The van der Waals surface area contributed by atoms with Gasteiger partial charge in [0.2, 0.25) is 5.95 Å². The molecule has 34 heavy (non-hydrogen) atoms. The largest absolute Gasteiger partial charge is 0.467 e. The van der Waals surface area contributed by atoms with Gasteiger partial charge in [-0.15, -0.1) is 5.92 Å². The van der Waals surface area contributed by atoms with Crippen molar-refractivity contribution in [3.05, 3.63) is 69.2 Å². The molecule has 1 fully saturated rings. The van der Waals surface area contributed by atoms with E-state index in [2.05, 4.69) is 16.7 Å². The lowest BCUT2D eigenvalue weighted by Gasteiger charge is -2.31. The van der Waals surface area contributed by atoms with Gasteiger partial charge in [0.25, 0.3) is 5.56 Å². The summed E-state index contributed by atoms with van der Waals surface area (Å²) in [6.45, 7) is 3.54. The van der Waals surface area contributed by atoms with Crippen LogP contribution in [0.1, 0.15) is 31.3 Å². The second-order valence-electron chi connectivity index (χ2n) is 8.36. The summed E-state index contributed by atoms with van der Waals surface area (Å²) in [5.41, 5.74) is 5.92. The third kappa shape index (κ3) is 3.95. The highest BCUT2D eigenvalue weighted by Gasteiger charge is 2.27. The Morgan fingerprint density at radius 3 is 2.41 bits per heavy atom. The van der Waals surface area contributed by atoms with Crippen LogP contribution in [0.3, 0.4) is 0 Å². The summed E-state index contributed by atoms with van der Waals surface area (Å²) < 4.78 is 15.4. The number of piperidine rings is 1. The van der Waals surface area contributed by atoms with E-state index < -0.39 is 11.2 Å². The van der Waals surface area contributed by atoms with Gasteiger partial charge in [0.05, 0.1) is 32.2 Å². The smallest absolute Gasteiger partial charge is 0.333 e. The van der Waals surface area contributed by atoms with Crippen LogP contribution in [0.15, 0.2) is 55.2 Å². The first-order valence-corrected chi connectivity index (χ1v) is 11.3. The van der Waals surface area contributed by atoms with Crippen LogP contribution in [-0.2, 0) is 19.6 Å². The highest BCUT2D eigenvalue weighted by molar-refractivity contribution is 5.75. The maximum absolute atomic E-state index is 13.7. The van der Waals surface area contributed by atoms with Gasteiger partial charge in [-0.05, 0) is 44.0 Å². The number of fused-ring (bicyclic) bond motifs is 1. The van der Waals surface area contributed by atoms with E-state index in [1.54, 1.807) is 42.0 Å². The Morgan fingerprint density at radius 2 is 1.79 bits per heavy atom. The van der Waals surface area contributed by atoms with Gasteiger partial charge in [0.15, 0.2) is 11.2 Å². The molecule has 0 unspecified atom stereocenters. The van der Waals surface area contributed by atoms with Crippen molar-refractivity contribution in [1.82, 2.24) is 18.7 Å². The van der Waals surface area contributed by atoms with E-state index in [0.717, 1.165) is 19.4 Å². The fraction of sp³-hybridized carbons (Fsp3) is 0.375. The lowest BCUT2D eigenvalue weighted by molar-refractivity contribution is 0.465. The summed E-state index contributed by atoms with van der Waals surface area (Å²) in [5.74, 6) is 7.62. The van der Waals surface area contributed by atoms with Crippen LogP contribution in [0.5, 0.6) is 0 Å². The standard InChI is InChI=1S/C24H26N6O4/c1-2-3-11-28-20-21(26-23(28)27-10-4-7-17(25)14-27)29(15-18-8-5-12-33-18)24(32)30(22(20)31)16-19-9-6-13-34-19/h5-6,8-9,12-13,17H,4,7,10-11,14-16,25H2,1H3/t17-/m1/s1. The molecule has 0 spiro atoms. The molecule has 5 heterocycles. The van der Waals surface area contributed by atoms with E-state index in [1.165, 1.54) is 15.4 Å². The van der Waals surface area contributed by atoms with Gasteiger partial charge in [-0.1, -0.05) is 5.92 Å². The quantitative estimate of drug-likeness (QED) is 0.433. The van der Waals surface area contributed by atoms with Crippen LogP contribution in [0.2, 0.25) is 0 Å². The fourth-order valence-electron chi connectivity index (χ4n) is 4.42. The summed E-state index contributed by atoms with van der Waals surface area (Å²) in [6, 6.07) is 7.00. The Balaban J connectivity index is 1.77. The number of nitrogens with zero attached hydrogens (tertiary/aromatic N) is 5. The van der Waals surface area contributed by atoms with Crippen molar-refractivity contribution in [3.8, 4) is 11.8 Å². The second kappa shape index (κ2) is 9.11. The molecule has 0 radical (unpaired) electrons. The molecule has 0 aliphatic carbocycles. The molecule has 4 aromatic rings. The van der Waals surface area contributed by atoms with Gasteiger partial charge < -0.3 is 19.5 Å². The summed E-state index contributed by atoms with van der Waals surface area (Å²) in [5, 5.41) is 0. The van der Waals surface area contributed by atoms with E-state index in [1.807, 2.05) is 0 Å². The monoisotopic (exact) mass is 462 g/mol. The number of hydrogen-bond acceptors (Lipinski definition) is 7. The van der Waals surface area contributed by atoms with Gasteiger partial charge in [0, 0.05) is 19.1 Å². The maximum atomic E-state index is 13.7. The number of nitrogens with two attached hydrogens (primary N) is 1. The average molecular weight is 463 g/mol. The average Bonchev–Trinajstić information content (AvgIpc) is 3.59. The topological polar surface area (TPSA) is 117 Å². The Kier molecular flexibility index (Phi) is 5.86.